The van der Waals surface area contributed by atoms with E-state index in [-0.39, 0.29) is 5.91 Å². The molecule has 0 saturated carbocycles. The third-order valence-corrected chi connectivity index (χ3v) is 4.34. The molecule has 7 nitrogen and oxygen atoms in total. The molecule has 0 aliphatic carbocycles. The maximum Gasteiger partial charge on any atom is 0.221 e. The summed E-state index contributed by atoms with van der Waals surface area (Å²) in [5.41, 5.74) is 2.83. The average molecular weight is 371 g/mol. The van der Waals surface area contributed by atoms with Gasteiger partial charge in [-0.25, -0.2) is 0 Å². The van der Waals surface area contributed by atoms with Crippen molar-refractivity contribution in [3.8, 4) is 0 Å². The monoisotopic (exact) mass is 371 g/mol. The highest BCUT2D eigenvalue weighted by Gasteiger charge is 2.13. The van der Waals surface area contributed by atoms with Crippen molar-refractivity contribution in [3.05, 3.63) is 47.3 Å². The maximum absolute atomic E-state index is 11.2. The second-order valence-electron chi connectivity index (χ2n) is 6.39. The summed E-state index contributed by atoms with van der Waals surface area (Å²) in [7, 11) is 1.72. The summed E-state index contributed by atoms with van der Waals surface area (Å²) < 4.78 is 5.42. The Kier molecular flexibility index (Phi) is 7.85. The third-order valence-electron chi connectivity index (χ3n) is 4.34. The molecule has 0 aliphatic heterocycles. The molecule has 1 amide bonds. The van der Waals surface area contributed by atoms with Gasteiger partial charge in [0.15, 0.2) is 11.7 Å². The number of carbonyl (C=O) groups is 1. The zero-order chi connectivity index (χ0) is 19.6. The SMILES string of the molecule is CCC(CC)c1cc(CNC(=NC)NCc2cccc(NC(C)=O)c2)on1. The predicted octanol–water partition coefficient (Wildman–Crippen LogP) is 3.40. The van der Waals surface area contributed by atoms with Gasteiger partial charge in [0.25, 0.3) is 0 Å². The number of aliphatic imine (C=N–C) groups is 1. The van der Waals surface area contributed by atoms with Crippen molar-refractivity contribution in [3.63, 3.8) is 0 Å². The summed E-state index contributed by atoms with van der Waals surface area (Å²) in [5, 5.41) is 13.4. The minimum Gasteiger partial charge on any atom is -0.359 e. The minimum absolute atomic E-state index is 0.0857. The summed E-state index contributed by atoms with van der Waals surface area (Å²) in [6.45, 7) is 6.91. The average Bonchev–Trinajstić information content (AvgIpc) is 3.11. The van der Waals surface area contributed by atoms with Crippen LogP contribution >= 0.6 is 0 Å². The van der Waals surface area contributed by atoms with E-state index in [1.54, 1.807) is 7.05 Å². The number of carbonyl (C=O) groups excluding carboxylic acids is 1. The summed E-state index contributed by atoms with van der Waals surface area (Å²) in [6, 6.07) is 9.70. The van der Waals surface area contributed by atoms with Crippen molar-refractivity contribution in [1.29, 1.82) is 0 Å². The van der Waals surface area contributed by atoms with Crippen LogP contribution in [0.5, 0.6) is 0 Å². The van der Waals surface area contributed by atoms with Gasteiger partial charge in [-0.2, -0.15) is 0 Å². The lowest BCUT2D eigenvalue weighted by atomic mass is 9.99. The maximum atomic E-state index is 11.2. The highest BCUT2D eigenvalue weighted by atomic mass is 16.5. The van der Waals surface area contributed by atoms with Crippen molar-refractivity contribution in [1.82, 2.24) is 15.8 Å². The Morgan fingerprint density at radius 2 is 1.93 bits per heavy atom. The molecular formula is C20H29N5O2. The first-order chi connectivity index (χ1) is 13.0. The number of benzene rings is 1. The lowest BCUT2D eigenvalue weighted by Crippen LogP contribution is -2.36. The Hall–Kier alpha value is -2.83. The molecule has 0 saturated heterocycles. The number of guanidine groups is 1. The second-order valence-corrected chi connectivity index (χ2v) is 6.39. The fourth-order valence-electron chi connectivity index (χ4n) is 2.85. The molecule has 3 N–H and O–H groups in total. The lowest BCUT2D eigenvalue weighted by Gasteiger charge is -2.11. The fourth-order valence-corrected chi connectivity index (χ4v) is 2.85. The summed E-state index contributed by atoms with van der Waals surface area (Å²) in [5.74, 6) is 1.81. The van der Waals surface area contributed by atoms with Gasteiger partial charge in [0.2, 0.25) is 5.91 Å². The Labute approximate surface area is 160 Å². The zero-order valence-corrected chi connectivity index (χ0v) is 16.5. The van der Waals surface area contributed by atoms with Gasteiger partial charge in [-0.15, -0.1) is 0 Å². The topological polar surface area (TPSA) is 91.6 Å². The molecule has 7 heteroatoms. The minimum atomic E-state index is -0.0857. The van der Waals surface area contributed by atoms with Crippen LogP contribution < -0.4 is 16.0 Å². The van der Waals surface area contributed by atoms with Crippen LogP contribution in [0.1, 0.15) is 56.5 Å². The molecule has 1 heterocycles. The number of amides is 1. The first kappa shape index (κ1) is 20.5. The van der Waals surface area contributed by atoms with Gasteiger partial charge >= 0.3 is 0 Å². The van der Waals surface area contributed by atoms with E-state index >= 15 is 0 Å². The number of rotatable bonds is 8. The zero-order valence-electron chi connectivity index (χ0n) is 16.5. The smallest absolute Gasteiger partial charge is 0.221 e. The molecule has 1 aromatic heterocycles. The van der Waals surface area contributed by atoms with E-state index in [0.29, 0.717) is 25.0 Å². The van der Waals surface area contributed by atoms with Crippen LogP contribution in [0.25, 0.3) is 0 Å². The molecule has 0 bridgehead atoms. The summed E-state index contributed by atoms with van der Waals surface area (Å²) in [4.78, 5) is 15.4. The first-order valence-electron chi connectivity index (χ1n) is 9.32. The molecule has 2 rings (SSSR count). The van der Waals surface area contributed by atoms with Crippen molar-refractivity contribution in [2.24, 2.45) is 4.99 Å². The number of anilines is 1. The number of nitrogens with one attached hydrogen (secondary N) is 3. The number of hydrogen-bond donors (Lipinski definition) is 3. The van der Waals surface area contributed by atoms with Crippen molar-refractivity contribution in [2.45, 2.75) is 52.6 Å². The molecule has 0 atom stereocenters. The van der Waals surface area contributed by atoms with E-state index in [0.717, 1.165) is 35.5 Å². The Morgan fingerprint density at radius 1 is 1.19 bits per heavy atom. The molecule has 0 spiro atoms. The second kappa shape index (κ2) is 10.4. The number of nitrogens with zero attached hydrogens (tertiary/aromatic N) is 2. The third kappa shape index (κ3) is 6.44. The van der Waals surface area contributed by atoms with Crippen LogP contribution in [0.4, 0.5) is 5.69 Å². The van der Waals surface area contributed by atoms with Gasteiger partial charge in [0.05, 0.1) is 12.2 Å². The molecule has 0 radical (unpaired) electrons. The summed E-state index contributed by atoms with van der Waals surface area (Å²) >= 11 is 0. The molecule has 1 aromatic carbocycles. The van der Waals surface area contributed by atoms with E-state index in [9.17, 15) is 4.79 Å². The normalized spacial score (nSPS) is 11.5. The van der Waals surface area contributed by atoms with Crippen molar-refractivity contribution >= 4 is 17.6 Å². The fraction of sp³-hybridized carbons (Fsp3) is 0.450. The highest BCUT2D eigenvalue weighted by molar-refractivity contribution is 5.88. The van der Waals surface area contributed by atoms with Gasteiger partial charge < -0.3 is 20.5 Å². The number of aromatic nitrogens is 1. The van der Waals surface area contributed by atoms with Crippen LogP contribution in [0.3, 0.4) is 0 Å². The van der Waals surface area contributed by atoms with Gasteiger partial charge in [0, 0.05) is 38.2 Å². The van der Waals surface area contributed by atoms with Gasteiger partial charge in [-0.05, 0) is 30.5 Å². The van der Waals surface area contributed by atoms with Crippen molar-refractivity contribution in [2.75, 3.05) is 12.4 Å². The Bertz CT molecular complexity index is 765. The number of hydrogen-bond acceptors (Lipinski definition) is 4. The van der Waals surface area contributed by atoms with Gasteiger partial charge in [-0.3, -0.25) is 9.79 Å². The van der Waals surface area contributed by atoms with E-state index in [1.807, 2.05) is 30.3 Å². The van der Waals surface area contributed by atoms with Crippen LogP contribution in [0.2, 0.25) is 0 Å². The summed E-state index contributed by atoms with van der Waals surface area (Å²) in [6.07, 6.45) is 2.10. The van der Waals surface area contributed by atoms with Gasteiger partial charge in [0.1, 0.15) is 0 Å². The quantitative estimate of drug-likeness (QED) is 0.489. The Morgan fingerprint density at radius 3 is 2.59 bits per heavy atom. The molecule has 0 fully saturated rings. The van der Waals surface area contributed by atoms with Crippen LogP contribution in [-0.2, 0) is 17.9 Å². The van der Waals surface area contributed by atoms with E-state index in [1.165, 1.54) is 6.92 Å². The molecule has 27 heavy (non-hydrogen) atoms. The highest BCUT2D eigenvalue weighted by Crippen LogP contribution is 2.22. The largest absolute Gasteiger partial charge is 0.359 e. The van der Waals surface area contributed by atoms with E-state index < -0.39 is 0 Å². The van der Waals surface area contributed by atoms with Crippen LogP contribution in [0.15, 0.2) is 39.8 Å². The lowest BCUT2D eigenvalue weighted by molar-refractivity contribution is -0.114. The molecule has 2 aromatic rings. The van der Waals surface area contributed by atoms with Crippen molar-refractivity contribution < 1.29 is 9.32 Å². The first-order valence-corrected chi connectivity index (χ1v) is 9.32. The Balaban J connectivity index is 1.87. The van der Waals surface area contributed by atoms with Crippen LogP contribution in [-0.4, -0.2) is 24.1 Å². The van der Waals surface area contributed by atoms with E-state index in [2.05, 4.69) is 39.9 Å². The van der Waals surface area contributed by atoms with Gasteiger partial charge in [-0.1, -0.05) is 31.1 Å². The molecule has 0 aliphatic rings. The van der Waals surface area contributed by atoms with Crippen LogP contribution in [0, 0.1) is 0 Å². The predicted molar refractivity (Wildman–Crippen MR) is 108 cm³/mol. The molecular weight excluding hydrogens is 342 g/mol. The standard InChI is InChI=1S/C20H29N5O2/c1-5-16(6-2)19-11-18(27-25-19)13-23-20(21-4)22-12-15-8-7-9-17(10-15)24-14(3)26/h7-11,16H,5-6,12-13H2,1-4H3,(H,24,26)(H2,21,22,23). The van der Waals surface area contributed by atoms with E-state index in [4.69, 9.17) is 4.52 Å². The molecule has 0 unspecified atom stereocenters. The molecule has 146 valence electrons.